The maximum atomic E-state index is 13.4. The lowest BCUT2D eigenvalue weighted by atomic mass is 9.81. The fourth-order valence-corrected chi connectivity index (χ4v) is 6.30. The maximum Gasteiger partial charge on any atom is 0.257 e. The molecule has 212 valence electrons. The Hall–Kier alpha value is -3.47. The van der Waals surface area contributed by atoms with E-state index in [1.807, 2.05) is 64.1 Å². The molecule has 0 bridgehead atoms. The van der Waals surface area contributed by atoms with Crippen molar-refractivity contribution in [1.29, 1.82) is 0 Å². The number of pyridine rings is 1. The molecule has 0 saturated carbocycles. The molecule has 0 radical (unpaired) electrons. The Kier molecular flexibility index (Phi) is 7.85. The van der Waals surface area contributed by atoms with Crippen molar-refractivity contribution in [3.05, 3.63) is 77.5 Å². The first kappa shape index (κ1) is 28.1. The molecule has 1 unspecified atom stereocenters. The number of amides is 1. The van der Waals surface area contributed by atoms with Gasteiger partial charge in [0.2, 0.25) is 15.9 Å². The number of aromatic nitrogens is 1. The molecule has 2 aliphatic rings. The largest absolute Gasteiger partial charge is 0.471 e. The summed E-state index contributed by atoms with van der Waals surface area (Å²) < 4.78 is 41.2. The highest BCUT2D eigenvalue weighted by atomic mass is 32.2. The number of rotatable bonds is 7. The minimum atomic E-state index is -3.85. The smallest absolute Gasteiger partial charge is 0.257 e. The van der Waals surface area contributed by atoms with Gasteiger partial charge in [-0.2, -0.15) is 0 Å². The van der Waals surface area contributed by atoms with Gasteiger partial charge in [-0.25, -0.2) is 18.1 Å². The molecule has 2 N–H and O–H groups in total. The van der Waals surface area contributed by atoms with Crippen molar-refractivity contribution in [2.75, 3.05) is 36.5 Å². The van der Waals surface area contributed by atoms with Crippen LogP contribution in [-0.2, 0) is 21.2 Å². The standard InChI is InChI=1S/C30H36N4O5S/c1-5-21-6-12-25(13-7-21)40(36,37)33-27-20(2)30(3,4)39-29-26(27)18-22(19-31-29)28(35)32-23-8-10-24(11-9-23)34-14-16-38-17-15-34/h6-13,18-20,27,33H,5,14-17H2,1-4H3,(H,32,35)/t20?,27-/m0/s1. The van der Waals surface area contributed by atoms with Crippen LogP contribution in [0.25, 0.3) is 0 Å². The normalized spacial score (nSPS) is 20.4. The molecular weight excluding hydrogens is 528 g/mol. The number of sulfonamides is 1. The van der Waals surface area contributed by atoms with Crippen molar-refractivity contribution in [2.24, 2.45) is 5.92 Å². The van der Waals surface area contributed by atoms with E-state index >= 15 is 0 Å². The van der Waals surface area contributed by atoms with Crippen molar-refractivity contribution in [3.8, 4) is 5.88 Å². The summed E-state index contributed by atoms with van der Waals surface area (Å²) in [6, 6.07) is 15.6. The van der Waals surface area contributed by atoms with E-state index in [4.69, 9.17) is 9.47 Å². The molecule has 2 atom stereocenters. The number of carbonyl (C=O) groups excluding carboxylic acids is 1. The van der Waals surface area contributed by atoms with Gasteiger partial charge in [-0.15, -0.1) is 0 Å². The molecule has 3 heterocycles. The first-order chi connectivity index (χ1) is 19.1. The summed E-state index contributed by atoms with van der Waals surface area (Å²) in [4.78, 5) is 20.1. The molecule has 0 aliphatic carbocycles. The fraction of sp³-hybridized carbons (Fsp3) is 0.400. The summed E-state index contributed by atoms with van der Waals surface area (Å²) in [5.41, 5.74) is 2.92. The van der Waals surface area contributed by atoms with Crippen LogP contribution in [0.15, 0.2) is 65.7 Å². The highest BCUT2D eigenvalue weighted by molar-refractivity contribution is 7.89. The van der Waals surface area contributed by atoms with E-state index in [1.165, 1.54) is 6.20 Å². The van der Waals surface area contributed by atoms with Crippen LogP contribution < -0.4 is 19.7 Å². The van der Waals surface area contributed by atoms with Crippen LogP contribution in [0.5, 0.6) is 5.88 Å². The lowest BCUT2D eigenvalue weighted by Crippen LogP contribution is -2.48. The number of benzene rings is 2. The molecule has 10 heteroatoms. The van der Waals surface area contributed by atoms with Gasteiger partial charge in [-0.05, 0) is 68.3 Å². The first-order valence-electron chi connectivity index (χ1n) is 13.6. The summed E-state index contributed by atoms with van der Waals surface area (Å²) in [7, 11) is -3.85. The number of nitrogens with one attached hydrogen (secondary N) is 2. The van der Waals surface area contributed by atoms with Gasteiger partial charge >= 0.3 is 0 Å². The van der Waals surface area contributed by atoms with Crippen molar-refractivity contribution < 1.29 is 22.7 Å². The number of ether oxygens (including phenoxy) is 2. The van der Waals surface area contributed by atoms with Gasteiger partial charge in [0.1, 0.15) is 5.60 Å². The molecular formula is C30H36N4O5S. The third kappa shape index (κ3) is 5.84. The highest BCUT2D eigenvalue weighted by Gasteiger charge is 2.43. The van der Waals surface area contributed by atoms with Crippen LogP contribution in [-0.4, -0.2) is 51.2 Å². The number of anilines is 2. The number of fused-ring (bicyclic) bond motifs is 1. The Morgan fingerprint density at radius 3 is 2.40 bits per heavy atom. The Morgan fingerprint density at radius 1 is 1.07 bits per heavy atom. The van der Waals surface area contributed by atoms with Crippen LogP contribution in [0.1, 0.15) is 55.2 Å². The molecule has 0 spiro atoms. The average molecular weight is 565 g/mol. The Morgan fingerprint density at radius 2 is 1.75 bits per heavy atom. The van der Waals surface area contributed by atoms with Gasteiger partial charge in [0.05, 0.1) is 29.7 Å². The third-order valence-corrected chi connectivity index (χ3v) is 9.31. The quantitative estimate of drug-likeness (QED) is 0.433. The summed E-state index contributed by atoms with van der Waals surface area (Å²) in [6.45, 7) is 10.8. The zero-order chi connectivity index (χ0) is 28.5. The summed E-state index contributed by atoms with van der Waals surface area (Å²) in [5.74, 6) is -0.287. The first-order valence-corrected chi connectivity index (χ1v) is 15.1. The van der Waals surface area contributed by atoms with Crippen LogP contribution in [0.3, 0.4) is 0 Å². The Bertz CT molecular complexity index is 1470. The number of hydrogen-bond acceptors (Lipinski definition) is 7. The van der Waals surface area contributed by atoms with Gasteiger partial charge in [-0.3, -0.25) is 4.79 Å². The molecule has 9 nitrogen and oxygen atoms in total. The molecule has 3 aromatic rings. The number of carbonyl (C=O) groups is 1. The van der Waals surface area contributed by atoms with Gasteiger partial charge in [0, 0.05) is 42.1 Å². The lowest BCUT2D eigenvalue weighted by Gasteiger charge is -2.42. The SMILES string of the molecule is CCc1ccc(S(=O)(=O)N[C@@H]2c3cc(C(=O)Nc4ccc(N5CCOCC5)cc4)cnc3OC(C)(C)C2C)cc1. The minimum Gasteiger partial charge on any atom is -0.471 e. The number of hydrogen-bond donors (Lipinski definition) is 2. The zero-order valence-electron chi connectivity index (χ0n) is 23.3. The molecule has 40 heavy (non-hydrogen) atoms. The summed E-state index contributed by atoms with van der Waals surface area (Å²) in [6.07, 6.45) is 2.28. The van der Waals surface area contributed by atoms with Crippen molar-refractivity contribution in [3.63, 3.8) is 0 Å². The third-order valence-electron chi connectivity index (χ3n) is 7.86. The van der Waals surface area contributed by atoms with E-state index in [9.17, 15) is 13.2 Å². The van der Waals surface area contributed by atoms with Gasteiger partial charge in [-0.1, -0.05) is 26.0 Å². The van der Waals surface area contributed by atoms with Crippen LogP contribution in [0.4, 0.5) is 11.4 Å². The second-order valence-electron chi connectivity index (χ2n) is 10.8. The Balaban J connectivity index is 1.38. The van der Waals surface area contributed by atoms with Crippen molar-refractivity contribution in [2.45, 2.75) is 50.7 Å². The Labute approximate surface area is 236 Å². The monoisotopic (exact) mass is 564 g/mol. The van der Waals surface area contributed by atoms with E-state index in [0.717, 1.165) is 30.8 Å². The predicted octanol–water partition coefficient (Wildman–Crippen LogP) is 4.56. The highest BCUT2D eigenvalue weighted by Crippen LogP contribution is 2.43. The van der Waals surface area contributed by atoms with Gasteiger partial charge in [0.25, 0.3) is 5.91 Å². The van der Waals surface area contributed by atoms with E-state index in [1.54, 1.807) is 18.2 Å². The van der Waals surface area contributed by atoms with Crippen LogP contribution in [0, 0.1) is 5.92 Å². The zero-order valence-corrected chi connectivity index (χ0v) is 24.1. The molecule has 1 aromatic heterocycles. The lowest BCUT2D eigenvalue weighted by molar-refractivity contribution is 0.0118. The van der Waals surface area contributed by atoms with Gasteiger partial charge < -0.3 is 19.7 Å². The number of morpholine rings is 1. The van der Waals surface area contributed by atoms with Crippen LogP contribution >= 0.6 is 0 Å². The molecule has 2 aliphatic heterocycles. The van der Waals surface area contributed by atoms with E-state index in [-0.39, 0.29) is 16.7 Å². The second kappa shape index (κ2) is 11.2. The van der Waals surface area contributed by atoms with Crippen molar-refractivity contribution >= 4 is 27.3 Å². The number of aryl methyl sites for hydroxylation is 1. The van der Waals surface area contributed by atoms with Crippen LogP contribution in [0.2, 0.25) is 0 Å². The molecule has 5 rings (SSSR count). The van der Waals surface area contributed by atoms with Crippen molar-refractivity contribution in [1.82, 2.24) is 9.71 Å². The fourth-order valence-electron chi connectivity index (χ4n) is 5.00. The molecule has 2 aromatic carbocycles. The summed E-state index contributed by atoms with van der Waals surface area (Å²) in [5, 5.41) is 2.92. The molecule has 1 saturated heterocycles. The summed E-state index contributed by atoms with van der Waals surface area (Å²) >= 11 is 0. The van der Waals surface area contributed by atoms with Gasteiger partial charge in [0.15, 0.2) is 0 Å². The second-order valence-corrected chi connectivity index (χ2v) is 12.5. The van der Waals surface area contributed by atoms with E-state index in [2.05, 4.69) is 19.9 Å². The van der Waals surface area contributed by atoms with E-state index in [0.29, 0.717) is 35.9 Å². The van der Waals surface area contributed by atoms with E-state index < -0.39 is 21.7 Å². The maximum absolute atomic E-state index is 13.4. The molecule has 1 fully saturated rings. The topological polar surface area (TPSA) is 110 Å². The minimum absolute atomic E-state index is 0.185. The molecule has 1 amide bonds. The predicted molar refractivity (Wildman–Crippen MR) is 154 cm³/mol. The number of nitrogens with zero attached hydrogens (tertiary/aromatic N) is 2. The average Bonchev–Trinajstić information content (AvgIpc) is 2.96.